The van der Waals surface area contributed by atoms with E-state index >= 15 is 0 Å². The van der Waals surface area contributed by atoms with Gasteiger partial charge in [0.1, 0.15) is 5.25 Å². The summed E-state index contributed by atoms with van der Waals surface area (Å²) in [6.07, 6.45) is 16.8. The van der Waals surface area contributed by atoms with E-state index in [2.05, 4.69) is 6.92 Å². The SMILES string of the molecule is CCCCCCCCCCCCCCCC(c1cccc2ccccc12)S(=O)(=O)O.N. The molecule has 2 aromatic carbocycles. The lowest BCUT2D eigenvalue weighted by Crippen LogP contribution is -2.12. The Morgan fingerprint density at radius 3 is 1.74 bits per heavy atom. The Labute approximate surface area is 190 Å². The van der Waals surface area contributed by atoms with Crippen LogP contribution in [0.5, 0.6) is 0 Å². The maximum atomic E-state index is 12.1. The lowest BCUT2D eigenvalue weighted by atomic mass is 9.98. The Bertz CT molecular complexity index is 830. The normalized spacial score (nSPS) is 12.6. The van der Waals surface area contributed by atoms with Crippen LogP contribution in [0, 0.1) is 0 Å². The molecule has 0 amide bonds. The Kier molecular flexibility index (Phi) is 13.7. The molecule has 2 rings (SSSR count). The molecule has 176 valence electrons. The summed E-state index contributed by atoms with van der Waals surface area (Å²) in [5, 5.41) is 1.09. The Balaban J connectivity index is 0.00000480. The molecule has 31 heavy (non-hydrogen) atoms. The molecule has 0 aliphatic heterocycles. The van der Waals surface area contributed by atoms with E-state index in [9.17, 15) is 13.0 Å². The van der Waals surface area contributed by atoms with E-state index in [-0.39, 0.29) is 6.15 Å². The van der Waals surface area contributed by atoms with E-state index in [4.69, 9.17) is 0 Å². The van der Waals surface area contributed by atoms with E-state index in [0.29, 0.717) is 6.42 Å². The monoisotopic (exact) mass is 449 g/mol. The van der Waals surface area contributed by atoms with Gasteiger partial charge in [-0.3, -0.25) is 4.55 Å². The molecule has 0 bridgehead atoms. The number of hydrogen-bond donors (Lipinski definition) is 2. The highest BCUT2D eigenvalue weighted by atomic mass is 32.2. The van der Waals surface area contributed by atoms with Gasteiger partial charge in [-0.2, -0.15) is 8.42 Å². The highest BCUT2D eigenvalue weighted by Gasteiger charge is 2.26. The molecular weight excluding hydrogens is 406 g/mol. The van der Waals surface area contributed by atoms with Gasteiger partial charge in [0, 0.05) is 0 Å². The minimum atomic E-state index is -4.13. The molecule has 5 heteroatoms. The highest BCUT2D eigenvalue weighted by molar-refractivity contribution is 7.86. The zero-order chi connectivity index (χ0) is 21.7. The second-order valence-electron chi connectivity index (χ2n) is 8.60. The van der Waals surface area contributed by atoms with Gasteiger partial charge < -0.3 is 6.15 Å². The van der Waals surface area contributed by atoms with Crippen molar-refractivity contribution in [3.8, 4) is 0 Å². The lowest BCUT2D eigenvalue weighted by molar-refractivity contribution is 0.459. The van der Waals surface area contributed by atoms with Crippen molar-refractivity contribution in [3.05, 3.63) is 48.0 Å². The molecule has 0 aliphatic rings. The van der Waals surface area contributed by atoms with Gasteiger partial charge in [0.2, 0.25) is 0 Å². The average Bonchev–Trinajstić information content (AvgIpc) is 2.73. The zero-order valence-electron chi connectivity index (χ0n) is 19.4. The van der Waals surface area contributed by atoms with Gasteiger partial charge in [0.05, 0.1) is 0 Å². The lowest BCUT2D eigenvalue weighted by Gasteiger charge is -2.16. The van der Waals surface area contributed by atoms with Crippen molar-refractivity contribution >= 4 is 20.9 Å². The third kappa shape index (κ3) is 10.2. The third-order valence-corrected chi connectivity index (χ3v) is 7.31. The predicted molar refractivity (Wildman–Crippen MR) is 134 cm³/mol. The molecule has 1 atom stereocenters. The summed E-state index contributed by atoms with van der Waals surface area (Å²) in [5.74, 6) is 0. The van der Waals surface area contributed by atoms with Crippen LogP contribution in [-0.2, 0) is 10.1 Å². The quantitative estimate of drug-likeness (QED) is 0.199. The molecule has 0 saturated heterocycles. The Morgan fingerprint density at radius 2 is 1.19 bits per heavy atom. The predicted octanol–water partition coefficient (Wildman–Crippen LogP) is 8.41. The summed E-state index contributed by atoms with van der Waals surface area (Å²) in [4.78, 5) is 0. The van der Waals surface area contributed by atoms with Crippen LogP contribution in [0.3, 0.4) is 0 Å². The first-order valence-corrected chi connectivity index (χ1v) is 13.5. The molecular formula is C26H43NO3S. The number of fused-ring (bicyclic) bond motifs is 1. The zero-order valence-corrected chi connectivity index (χ0v) is 20.2. The Morgan fingerprint density at radius 1 is 0.710 bits per heavy atom. The molecule has 0 radical (unpaired) electrons. The molecule has 1 unspecified atom stereocenters. The molecule has 4 N–H and O–H groups in total. The van der Waals surface area contributed by atoms with Crippen molar-refractivity contribution in [3.63, 3.8) is 0 Å². The van der Waals surface area contributed by atoms with Gasteiger partial charge in [-0.05, 0) is 22.8 Å². The summed E-state index contributed by atoms with van der Waals surface area (Å²) in [6.45, 7) is 2.26. The first kappa shape index (κ1) is 27.6. The van der Waals surface area contributed by atoms with Crippen LogP contribution in [0.4, 0.5) is 0 Å². The van der Waals surface area contributed by atoms with Gasteiger partial charge in [-0.1, -0.05) is 133 Å². The van der Waals surface area contributed by atoms with E-state index < -0.39 is 15.4 Å². The Hall–Kier alpha value is -1.43. The van der Waals surface area contributed by atoms with Crippen LogP contribution in [0.2, 0.25) is 0 Å². The van der Waals surface area contributed by atoms with E-state index in [0.717, 1.165) is 35.6 Å². The molecule has 4 nitrogen and oxygen atoms in total. The summed E-state index contributed by atoms with van der Waals surface area (Å²) in [7, 11) is -4.13. The van der Waals surface area contributed by atoms with Crippen LogP contribution in [-0.4, -0.2) is 13.0 Å². The smallest absolute Gasteiger partial charge is 0.272 e. The van der Waals surface area contributed by atoms with Gasteiger partial charge in [-0.15, -0.1) is 0 Å². The molecule has 0 aliphatic carbocycles. The minimum absolute atomic E-state index is 0. The minimum Gasteiger partial charge on any atom is -0.344 e. The van der Waals surface area contributed by atoms with Gasteiger partial charge in [0.25, 0.3) is 10.1 Å². The molecule has 0 saturated carbocycles. The van der Waals surface area contributed by atoms with E-state index in [1.807, 2.05) is 42.5 Å². The summed E-state index contributed by atoms with van der Waals surface area (Å²) >= 11 is 0. The molecule has 0 spiro atoms. The van der Waals surface area contributed by atoms with Gasteiger partial charge >= 0.3 is 0 Å². The van der Waals surface area contributed by atoms with Crippen LogP contribution < -0.4 is 6.15 Å². The van der Waals surface area contributed by atoms with Crippen molar-refractivity contribution in [2.24, 2.45) is 0 Å². The molecule has 0 heterocycles. The van der Waals surface area contributed by atoms with Crippen LogP contribution in [0.25, 0.3) is 10.8 Å². The van der Waals surface area contributed by atoms with Gasteiger partial charge in [0.15, 0.2) is 0 Å². The maximum Gasteiger partial charge on any atom is 0.272 e. The third-order valence-electron chi connectivity index (χ3n) is 6.10. The van der Waals surface area contributed by atoms with E-state index in [1.54, 1.807) is 0 Å². The number of hydrogen-bond acceptors (Lipinski definition) is 3. The van der Waals surface area contributed by atoms with Gasteiger partial charge in [-0.25, -0.2) is 0 Å². The highest BCUT2D eigenvalue weighted by Crippen LogP contribution is 2.33. The standard InChI is InChI=1S/C26H40O3S.H3N/c1-2-3-4-5-6-7-8-9-10-11-12-13-14-22-26(30(27,28)29)25-21-17-19-23-18-15-16-20-24(23)25;/h15-21,26H,2-14,22H2,1H3,(H,27,28,29);1H3. The first-order chi connectivity index (χ1) is 14.5. The fourth-order valence-electron chi connectivity index (χ4n) is 4.34. The van der Waals surface area contributed by atoms with Crippen molar-refractivity contribution in [1.82, 2.24) is 6.15 Å². The second kappa shape index (κ2) is 15.4. The molecule has 2 aromatic rings. The fraction of sp³-hybridized carbons (Fsp3) is 0.615. The summed E-state index contributed by atoms with van der Waals surface area (Å²) in [6, 6.07) is 13.5. The number of unbranched alkanes of at least 4 members (excludes halogenated alkanes) is 12. The summed E-state index contributed by atoms with van der Waals surface area (Å²) in [5.41, 5.74) is 0.717. The van der Waals surface area contributed by atoms with E-state index in [1.165, 1.54) is 64.2 Å². The number of benzene rings is 2. The fourth-order valence-corrected chi connectivity index (χ4v) is 5.33. The second-order valence-corrected chi connectivity index (χ2v) is 10.2. The number of rotatable bonds is 16. The summed E-state index contributed by atoms with van der Waals surface area (Å²) < 4.78 is 34.0. The van der Waals surface area contributed by atoms with Crippen molar-refractivity contribution < 1.29 is 13.0 Å². The van der Waals surface area contributed by atoms with Crippen molar-refractivity contribution in [2.45, 2.75) is 102 Å². The molecule has 0 fully saturated rings. The van der Waals surface area contributed by atoms with Crippen LogP contribution in [0.15, 0.2) is 42.5 Å². The average molecular weight is 450 g/mol. The van der Waals surface area contributed by atoms with Crippen LogP contribution >= 0.6 is 0 Å². The largest absolute Gasteiger partial charge is 0.344 e. The van der Waals surface area contributed by atoms with Crippen LogP contribution in [0.1, 0.15) is 108 Å². The topological polar surface area (TPSA) is 89.4 Å². The first-order valence-electron chi connectivity index (χ1n) is 12.0. The van der Waals surface area contributed by atoms with Crippen molar-refractivity contribution in [2.75, 3.05) is 0 Å². The van der Waals surface area contributed by atoms with Crippen molar-refractivity contribution in [1.29, 1.82) is 0 Å². The molecule has 0 aromatic heterocycles. The maximum absolute atomic E-state index is 12.1.